The summed E-state index contributed by atoms with van der Waals surface area (Å²) in [5, 5.41) is 11.4. The van der Waals surface area contributed by atoms with Crippen LogP contribution in [-0.4, -0.2) is 17.3 Å². The average Bonchev–Trinajstić information content (AvgIpc) is 2.72. The highest BCUT2D eigenvalue weighted by molar-refractivity contribution is 9.10. The largest absolute Gasteiger partial charge is 0.573 e. The lowest BCUT2D eigenvalue weighted by Gasteiger charge is -2.14. The first-order chi connectivity index (χ1) is 14.7. The van der Waals surface area contributed by atoms with Gasteiger partial charge in [-0.2, -0.15) is 5.26 Å². The van der Waals surface area contributed by atoms with Crippen molar-refractivity contribution in [2.75, 3.05) is 0 Å². The third-order valence-corrected chi connectivity index (χ3v) is 4.37. The van der Waals surface area contributed by atoms with Crippen LogP contribution in [0.15, 0.2) is 65.3 Å². The zero-order chi connectivity index (χ0) is 22.4. The number of aromatic nitrogens is 1. The Morgan fingerprint density at radius 1 is 1.16 bits per heavy atom. The van der Waals surface area contributed by atoms with E-state index in [4.69, 9.17) is 10.00 Å². The van der Waals surface area contributed by atoms with Gasteiger partial charge in [0.15, 0.2) is 0 Å². The summed E-state index contributed by atoms with van der Waals surface area (Å²) in [5.74, 6) is -0.327. The molecule has 0 fully saturated rings. The number of hydrogen-bond acceptors (Lipinski definition) is 5. The van der Waals surface area contributed by atoms with Gasteiger partial charge in [-0.1, -0.05) is 28.1 Å². The Hall–Kier alpha value is -3.58. The Morgan fingerprint density at radius 3 is 2.65 bits per heavy atom. The van der Waals surface area contributed by atoms with E-state index < -0.39 is 18.0 Å². The maximum absolute atomic E-state index is 12.6. The molecule has 0 atom stereocenters. The van der Waals surface area contributed by atoms with E-state index in [1.54, 1.807) is 30.3 Å². The number of alkyl halides is 3. The molecule has 1 aromatic heterocycles. The first-order valence-corrected chi connectivity index (χ1v) is 9.49. The van der Waals surface area contributed by atoms with Crippen molar-refractivity contribution in [3.05, 3.63) is 82.0 Å². The smallest absolute Gasteiger partial charge is 0.439 e. The summed E-state index contributed by atoms with van der Waals surface area (Å²) < 4.78 is 47.7. The summed E-state index contributed by atoms with van der Waals surface area (Å²) in [6, 6.07) is 15.5. The fourth-order valence-corrected chi connectivity index (χ4v) is 2.84. The molecule has 158 valence electrons. The number of pyridine rings is 1. The molecule has 1 amide bonds. The number of amides is 1. The van der Waals surface area contributed by atoms with E-state index in [1.807, 2.05) is 6.07 Å². The highest BCUT2D eigenvalue weighted by Crippen LogP contribution is 2.29. The number of nitriles is 1. The minimum absolute atomic E-state index is 0.152. The molecule has 2 aromatic carbocycles. The van der Waals surface area contributed by atoms with Crippen LogP contribution in [0.5, 0.6) is 17.4 Å². The molecule has 0 bridgehead atoms. The number of halogens is 4. The van der Waals surface area contributed by atoms with Crippen LogP contribution in [0.4, 0.5) is 13.2 Å². The molecule has 31 heavy (non-hydrogen) atoms. The summed E-state index contributed by atoms with van der Waals surface area (Å²) in [6.07, 6.45) is -3.58. The minimum atomic E-state index is -4.86. The maximum Gasteiger partial charge on any atom is 0.573 e. The van der Waals surface area contributed by atoms with Gasteiger partial charge in [-0.15, -0.1) is 13.2 Å². The first kappa shape index (κ1) is 22.1. The predicted molar refractivity (Wildman–Crippen MR) is 107 cm³/mol. The van der Waals surface area contributed by atoms with E-state index in [1.165, 1.54) is 30.5 Å². The molecule has 1 N–H and O–H groups in total. The molecule has 0 spiro atoms. The van der Waals surface area contributed by atoms with Gasteiger partial charge in [0.2, 0.25) is 5.88 Å². The van der Waals surface area contributed by atoms with Crippen LogP contribution in [0.25, 0.3) is 0 Å². The zero-order valence-corrected chi connectivity index (χ0v) is 17.2. The van der Waals surface area contributed by atoms with Gasteiger partial charge in [-0.3, -0.25) is 4.79 Å². The topological polar surface area (TPSA) is 84.2 Å². The highest BCUT2D eigenvalue weighted by Gasteiger charge is 2.32. The Labute approximate surface area is 183 Å². The van der Waals surface area contributed by atoms with Crippen LogP contribution in [0.2, 0.25) is 0 Å². The second-order valence-electron chi connectivity index (χ2n) is 6.11. The summed E-state index contributed by atoms with van der Waals surface area (Å²) >= 11 is 3.09. The fraction of sp³-hybridized carbons (Fsp3) is 0.0952. The first-order valence-electron chi connectivity index (χ1n) is 8.70. The van der Waals surface area contributed by atoms with E-state index in [0.29, 0.717) is 15.8 Å². The Balaban J connectivity index is 1.64. The van der Waals surface area contributed by atoms with Crippen LogP contribution in [0.1, 0.15) is 21.5 Å². The van der Waals surface area contributed by atoms with Crippen LogP contribution < -0.4 is 14.8 Å². The van der Waals surface area contributed by atoms with Crippen LogP contribution >= 0.6 is 15.9 Å². The summed E-state index contributed by atoms with van der Waals surface area (Å²) in [7, 11) is 0. The van der Waals surface area contributed by atoms with E-state index in [0.717, 1.165) is 0 Å². The molecule has 3 rings (SSSR count). The quantitative estimate of drug-likeness (QED) is 0.503. The molecule has 0 unspecified atom stereocenters. The Kier molecular flexibility index (Phi) is 6.77. The number of nitrogens with zero attached hydrogens (tertiary/aromatic N) is 2. The van der Waals surface area contributed by atoms with E-state index in [-0.39, 0.29) is 23.6 Å². The van der Waals surface area contributed by atoms with Gasteiger partial charge in [0, 0.05) is 28.8 Å². The summed E-state index contributed by atoms with van der Waals surface area (Å²) in [4.78, 5) is 16.4. The highest BCUT2D eigenvalue weighted by atomic mass is 79.9. The molecule has 3 aromatic rings. The molecule has 0 aliphatic heterocycles. The third kappa shape index (κ3) is 6.45. The van der Waals surface area contributed by atoms with E-state index in [9.17, 15) is 18.0 Å². The average molecular weight is 492 g/mol. The molecule has 0 aliphatic carbocycles. The van der Waals surface area contributed by atoms with Gasteiger partial charge in [-0.25, -0.2) is 4.98 Å². The molecule has 10 heteroatoms. The normalized spacial score (nSPS) is 10.8. The maximum atomic E-state index is 12.6. The Bertz CT molecular complexity index is 1130. The second-order valence-corrected chi connectivity index (χ2v) is 7.03. The molecule has 0 saturated carbocycles. The van der Waals surface area contributed by atoms with Gasteiger partial charge in [-0.05, 0) is 36.4 Å². The molecular weight excluding hydrogens is 479 g/mol. The molecular formula is C21H13BrF3N3O3. The van der Waals surface area contributed by atoms with Crippen LogP contribution in [0.3, 0.4) is 0 Å². The molecule has 0 saturated heterocycles. The van der Waals surface area contributed by atoms with Crippen molar-refractivity contribution in [3.8, 4) is 23.4 Å². The zero-order valence-electron chi connectivity index (χ0n) is 15.6. The van der Waals surface area contributed by atoms with E-state index in [2.05, 4.69) is 31.0 Å². The number of hydrogen-bond donors (Lipinski definition) is 1. The minimum Gasteiger partial charge on any atom is -0.439 e. The van der Waals surface area contributed by atoms with Crippen molar-refractivity contribution in [1.82, 2.24) is 10.3 Å². The van der Waals surface area contributed by atoms with Crippen LogP contribution in [0, 0.1) is 11.3 Å². The summed E-state index contributed by atoms with van der Waals surface area (Å²) in [6.45, 7) is -0.184. The van der Waals surface area contributed by atoms with Crippen molar-refractivity contribution in [3.63, 3.8) is 0 Å². The van der Waals surface area contributed by atoms with Gasteiger partial charge in [0.25, 0.3) is 5.91 Å². The monoisotopic (exact) mass is 491 g/mol. The lowest BCUT2D eigenvalue weighted by atomic mass is 10.2. The Morgan fingerprint density at radius 2 is 1.97 bits per heavy atom. The number of rotatable bonds is 6. The summed E-state index contributed by atoms with van der Waals surface area (Å²) in [5.41, 5.74) is 0.767. The van der Waals surface area contributed by atoms with Crippen LogP contribution in [-0.2, 0) is 6.54 Å². The second kappa shape index (κ2) is 9.49. The lowest BCUT2D eigenvalue weighted by Crippen LogP contribution is -2.24. The predicted octanol–water partition coefficient (Wildman–Crippen LogP) is 5.34. The fourth-order valence-electron chi connectivity index (χ4n) is 2.50. The van der Waals surface area contributed by atoms with Gasteiger partial charge in [0.1, 0.15) is 11.5 Å². The van der Waals surface area contributed by atoms with Crippen molar-refractivity contribution >= 4 is 21.8 Å². The van der Waals surface area contributed by atoms with Crippen molar-refractivity contribution in [1.29, 1.82) is 5.26 Å². The SMILES string of the molecule is N#Cc1cccc(Oc2ccc(C(=O)NCc3ccc(Br)cc3OC(F)(F)F)cn2)c1. The lowest BCUT2D eigenvalue weighted by molar-refractivity contribution is -0.274. The third-order valence-electron chi connectivity index (χ3n) is 3.88. The molecule has 0 aliphatic rings. The molecule has 1 heterocycles. The number of benzene rings is 2. The van der Waals surface area contributed by atoms with Gasteiger partial charge in [0.05, 0.1) is 17.2 Å². The number of ether oxygens (including phenoxy) is 2. The standard InChI is InChI=1S/C21H13BrF3N3O3/c22-16-6-4-14(18(9-16)31-21(23,24)25)11-28-20(29)15-5-7-19(27-12-15)30-17-3-1-2-13(8-17)10-26/h1-9,12H,11H2,(H,28,29). The van der Waals surface area contributed by atoms with E-state index >= 15 is 0 Å². The van der Waals surface area contributed by atoms with Crippen molar-refractivity contribution in [2.45, 2.75) is 12.9 Å². The molecule has 6 nitrogen and oxygen atoms in total. The van der Waals surface area contributed by atoms with Gasteiger partial charge >= 0.3 is 6.36 Å². The molecule has 0 radical (unpaired) electrons. The van der Waals surface area contributed by atoms with Gasteiger partial charge < -0.3 is 14.8 Å². The number of carbonyl (C=O) groups is 1. The van der Waals surface area contributed by atoms with Crippen molar-refractivity contribution in [2.24, 2.45) is 0 Å². The number of carbonyl (C=O) groups excluding carboxylic acids is 1. The van der Waals surface area contributed by atoms with Crippen molar-refractivity contribution < 1.29 is 27.4 Å². The number of nitrogens with one attached hydrogen (secondary N) is 1.